The molecule has 4 aromatic rings. The summed E-state index contributed by atoms with van der Waals surface area (Å²) in [7, 11) is 1.58. The largest absolute Gasteiger partial charge is 0.497 e. The van der Waals surface area contributed by atoms with Crippen molar-refractivity contribution in [3.05, 3.63) is 119 Å². The number of benzene rings is 4. The Morgan fingerprint density at radius 1 is 0.800 bits per heavy atom. The van der Waals surface area contributed by atoms with Gasteiger partial charge in [-0.3, -0.25) is 9.59 Å². The van der Waals surface area contributed by atoms with Crippen LogP contribution in [0.3, 0.4) is 0 Å². The lowest BCUT2D eigenvalue weighted by molar-refractivity contribution is -0.117. The third kappa shape index (κ3) is 6.00. The Hall–Kier alpha value is -4.71. The van der Waals surface area contributed by atoms with E-state index in [0.717, 1.165) is 21.9 Å². The van der Waals surface area contributed by atoms with E-state index in [1.807, 2.05) is 55.5 Å². The molecule has 0 saturated heterocycles. The normalized spacial score (nSPS) is 11.7. The Morgan fingerprint density at radius 2 is 1.49 bits per heavy atom. The molecule has 174 valence electrons. The number of carbonyl (C=O) groups excluding carboxylic acids is 2. The second-order valence-electron chi connectivity index (χ2n) is 7.85. The van der Waals surface area contributed by atoms with Gasteiger partial charge >= 0.3 is 0 Å². The maximum absolute atomic E-state index is 13.1. The van der Waals surface area contributed by atoms with Crippen LogP contribution in [0.1, 0.15) is 28.4 Å². The Labute approximate surface area is 203 Å². The Balaban J connectivity index is 1.57. The number of hydrogen-bond donors (Lipinski definition) is 2. The van der Waals surface area contributed by atoms with Crippen molar-refractivity contribution >= 4 is 34.4 Å². The smallest absolute Gasteiger partial charge is 0.287 e. The number of hydrazone groups is 1. The lowest BCUT2D eigenvalue weighted by Crippen LogP contribution is -2.33. The van der Waals surface area contributed by atoms with E-state index >= 15 is 0 Å². The van der Waals surface area contributed by atoms with E-state index in [1.54, 1.807) is 61.7 Å². The molecule has 4 aromatic carbocycles. The molecule has 0 aliphatic heterocycles. The molecule has 0 saturated carbocycles. The first-order valence-electron chi connectivity index (χ1n) is 11.1. The maximum Gasteiger partial charge on any atom is 0.287 e. The van der Waals surface area contributed by atoms with Crippen molar-refractivity contribution in [2.45, 2.75) is 6.92 Å². The molecule has 35 heavy (non-hydrogen) atoms. The van der Waals surface area contributed by atoms with Crippen LogP contribution in [0.4, 0.5) is 0 Å². The average Bonchev–Trinajstić information content (AvgIpc) is 2.91. The molecule has 0 spiro atoms. The van der Waals surface area contributed by atoms with Gasteiger partial charge in [0.25, 0.3) is 11.8 Å². The summed E-state index contributed by atoms with van der Waals surface area (Å²) in [5.74, 6) is -0.238. The minimum Gasteiger partial charge on any atom is -0.497 e. The predicted octanol–water partition coefficient (Wildman–Crippen LogP) is 5.16. The number of methoxy groups -OCH3 is 1. The highest BCUT2D eigenvalue weighted by molar-refractivity contribution is 6.06. The summed E-state index contributed by atoms with van der Waals surface area (Å²) in [5, 5.41) is 9.19. The summed E-state index contributed by atoms with van der Waals surface area (Å²) in [6.07, 6.45) is 1.59. The van der Waals surface area contributed by atoms with Gasteiger partial charge < -0.3 is 10.1 Å². The molecule has 0 radical (unpaired) electrons. The van der Waals surface area contributed by atoms with Gasteiger partial charge in [0.15, 0.2) is 0 Å². The van der Waals surface area contributed by atoms with E-state index < -0.39 is 11.8 Å². The van der Waals surface area contributed by atoms with Gasteiger partial charge in [0.1, 0.15) is 11.4 Å². The second-order valence-corrected chi connectivity index (χ2v) is 7.85. The molecular weight excluding hydrogens is 438 g/mol. The highest BCUT2D eigenvalue weighted by Crippen LogP contribution is 2.17. The number of carbonyl (C=O) groups is 2. The first kappa shape index (κ1) is 23.4. The number of amides is 2. The standard InChI is InChI=1S/C29H25N3O3/c1-20(24-15-14-22-8-6-7-11-25(22)19-24)31-32-29(34)27(18-21-12-16-26(35-2)17-13-21)30-28(33)23-9-4-3-5-10-23/h3-19H,1-2H3,(H,30,33)(H,32,34). The molecule has 4 rings (SSSR count). The molecule has 0 fully saturated rings. The van der Waals surface area contributed by atoms with Gasteiger partial charge in [0.05, 0.1) is 12.8 Å². The van der Waals surface area contributed by atoms with Crippen LogP contribution in [0.25, 0.3) is 16.8 Å². The zero-order chi connectivity index (χ0) is 24.6. The van der Waals surface area contributed by atoms with Crippen LogP contribution in [-0.4, -0.2) is 24.6 Å². The van der Waals surface area contributed by atoms with Crippen LogP contribution in [0.2, 0.25) is 0 Å². The predicted molar refractivity (Wildman–Crippen MR) is 139 cm³/mol. The molecule has 6 heteroatoms. The summed E-state index contributed by atoms with van der Waals surface area (Å²) in [6, 6.07) is 29.9. The van der Waals surface area contributed by atoms with Crippen LogP contribution >= 0.6 is 0 Å². The number of rotatable bonds is 7. The molecule has 0 aliphatic rings. The first-order valence-corrected chi connectivity index (χ1v) is 11.1. The van der Waals surface area contributed by atoms with Crippen LogP contribution in [0.5, 0.6) is 5.75 Å². The van der Waals surface area contributed by atoms with Crippen LogP contribution in [0.15, 0.2) is 108 Å². The van der Waals surface area contributed by atoms with Gasteiger partial charge in [0.2, 0.25) is 0 Å². The fourth-order valence-corrected chi connectivity index (χ4v) is 3.48. The first-order chi connectivity index (χ1) is 17.0. The van der Waals surface area contributed by atoms with E-state index in [2.05, 4.69) is 15.8 Å². The van der Waals surface area contributed by atoms with Gasteiger partial charge in [-0.15, -0.1) is 0 Å². The molecule has 0 atom stereocenters. The van der Waals surface area contributed by atoms with E-state index in [-0.39, 0.29) is 5.70 Å². The molecule has 6 nitrogen and oxygen atoms in total. The molecular formula is C29H25N3O3. The van der Waals surface area contributed by atoms with Crippen molar-refractivity contribution in [2.75, 3.05) is 7.11 Å². The highest BCUT2D eigenvalue weighted by atomic mass is 16.5. The average molecular weight is 464 g/mol. The van der Waals surface area contributed by atoms with Gasteiger partial charge in [0, 0.05) is 5.56 Å². The lowest BCUT2D eigenvalue weighted by Gasteiger charge is -2.10. The third-order valence-corrected chi connectivity index (χ3v) is 5.45. The van der Waals surface area contributed by atoms with Gasteiger partial charge in [-0.05, 0) is 65.2 Å². The summed E-state index contributed by atoms with van der Waals surface area (Å²) in [6.45, 7) is 1.82. The van der Waals surface area contributed by atoms with Crippen LogP contribution in [-0.2, 0) is 4.79 Å². The number of nitrogens with zero attached hydrogens (tertiary/aromatic N) is 1. The molecule has 0 heterocycles. The minimum atomic E-state index is -0.537. The summed E-state index contributed by atoms with van der Waals surface area (Å²) in [5.41, 5.74) is 5.33. The molecule has 0 bridgehead atoms. The zero-order valence-corrected chi connectivity index (χ0v) is 19.5. The zero-order valence-electron chi connectivity index (χ0n) is 19.5. The maximum atomic E-state index is 13.1. The second kappa shape index (κ2) is 10.9. The van der Waals surface area contributed by atoms with Gasteiger partial charge in [-0.2, -0.15) is 5.10 Å². The summed E-state index contributed by atoms with van der Waals surface area (Å²) >= 11 is 0. The van der Waals surface area contributed by atoms with E-state index in [4.69, 9.17) is 4.74 Å². The quantitative estimate of drug-likeness (QED) is 0.226. The van der Waals surface area contributed by atoms with Crippen molar-refractivity contribution in [1.29, 1.82) is 0 Å². The van der Waals surface area contributed by atoms with Gasteiger partial charge in [-0.1, -0.05) is 66.7 Å². The fourth-order valence-electron chi connectivity index (χ4n) is 3.48. The Kier molecular flexibility index (Phi) is 7.33. The fraction of sp³-hybridized carbons (Fsp3) is 0.0690. The lowest BCUT2D eigenvalue weighted by atomic mass is 10.0. The number of nitrogens with one attached hydrogen (secondary N) is 2. The monoisotopic (exact) mass is 463 g/mol. The summed E-state index contributed by atoms with van der Waals surface area (Å²) < 4.78 is 5.19. The third-order valence-electron chi connectivity index (χ3n) is 5.45. The summed E-state index contributed by atoms with van der Waals surface area (Å²) in [4.78, 5) is 25.8. The molecule has 2 N–H and O–H groups in total. The Morgan fingerprint density at radius 3 is 2.20 bits per heavy atom. The SMILES string of the molecule is COc1ccc(C=C(NC(=O)c2ccccc2)C(=O)NN=C(C)c2ccc3ccccc3c2)cc1. The van der Waals surface area contributed by atoms with Crippen LogP contribution < -0.4 is 15.5 Å². The Bertz CT molecular complexity index is 1410. The highest BCUT2D eigenvalue weighted by Gasteiger charge is 2.15. The molecule has 0 aliphatic carbocycles. The number of ether oxygens (including phenoxy) is 1. The van der Waals surface area contributed by atoms with E-state index in [9.17, 15) is 9.59 Å². The van der Waals surface area contributed by atoms with Crippen molar-refractivity contribution < 1.29 is 14.3 Å². The minimum absolute atomic E-state index is 0.0686. The number of hydrogen-bond acceptors (Lipinski definition) is 4. The molecule has 0 unspecified atom stereocenters. The van der Waals surface area contributed by atoms with Crippen molar-refractivity contribution in [3.8, 4) is 5.75 Å². The van der Waals surface area contributed by atoms with Crippen LogP contribution in [0, 0.1) is 0 Å². The van der Waals surface area contributed by atoms with E-state index in [1.165, 1.54) is 0 Å². The van der Waals surface area contributed by atoms with Gasteiger partial charge in [-0.25, -0.2) is 5.43 Å². The van der Waals surface area contributed by atoms with Crippen molar-refractivity contribution in [1.82, 2.24) is 10.7 Å². The van der Waals surface area contributed by atoms with Crippen molar-refractivity contribution in [3.63, 3.8) is 0 Å². The van der Waals surface area contributed by atoms with Crippen molar-refractivity contribution in [2.24, 2.45) is 5.10 Å². The van der Waals surface area contributed by atoms with E-state index in [0.29, 0.717) is 17.0 Å². The number of fused-ring (bicyclic) bond motifs is 1. The molecule has 0 aromatic heterocycles. The molecule has 2 amide bonds. The topological polar surface area (TPSA) is 79.8 Å².